The Morgan fingerprint density at radius 2 is 1.86 bits per heavy atom. The van der Waals surface area contributed by atoms with Crippen molar-refractivity contribution in [1.29, 1.82) is 0 Å². The number of methoxy groups -OCH3 is 1. The number of carbonyl (C=O) groups is 1. The summed E-state index contributed by atoms with van der Waals surface area (Å²) in [6, 6.07) is 13.3. The van der Waals surface area contributed by atoms with E-state index in [4.69, 9.17) is 20.2 Å². The molecule has 4 N–H and O–H groups in total. The van der Waals surface area contributed by atoms with Gasteiger partial charge in [0.1, 0.15) is 23.9 Å². The van der Waals surface area contributed by atoms with E-state index in [1.165, 1.54) is 13.2 Å². The second kappa shape index (κ2) is 11.7. The highest BCUT2D eigenvalue weighted by molar-refractivity contribution is 6.12. The van der Waals surface area contributed by atoms with E-state index in [0.29, 0.717) is 37.7 Å². The summed E-state index contributed by atoms with van der Waals surface area (Å²) in [5.41, 5.74) is 8.58. The maximum Gasteiger partial charge on any atom is 0.188 e. The maximum absolute atomic E-state index is 15.4. The Morgan fingerprint density at radius 3 is 2.56 bits per heavy atom. The molecule has 1 atom stereocenters. The molecule has 0 amide bonds. The fourth-order valence-electron chi connectivity index (χ4n) is 4.16. The number of allylic oxidation sites excluding steroid dienone is 2. The predicted octanol–water partition coefficient (Wildman–Crippen LogP) is 4.69. The van der Waals surface area contributed by atoms with E-state index >= 15 is 4.39 Å². The second-order valence-corrected chi connectivity index (χ2v) is 8.11. The van der Waals surface area contributed by atoms with Crippen molar-refractivity contribution in [2.75, 3.05) is 43.2 Å². The van der Waals surface area contributed by atoms with Crippen LogP contribution in [0.2, 0.25) is 0 Å². The zero-order valence-corrected chi connectivity index (χ0v) is 20.2. The van der Waals surface area contributed by atoms with E-state index in [0.717, 1.165) is 11.1 Å². The molecule has 36 heavy (non-hydrogen) atoms. The Kier molecular flexibility index (Phi) is 8.14. The van der Waals surface area contributed by atoms with Crippen LogP contribution in [0.15, 0.2) is 60.8 Å². The first kappa shape index (κ1) is 25.2. The number of nitrogen functional groups attached to an aromatic ring is 1. The van der Waals surface area contributed by atoms with Crippen LogP contribution in [0.5, 0.6) is 5.75 Å². The molecule has 1 aliphatic rings. The molecule has 0 saturated heterocycles. The molecule has 1 heterocycles. The van der Waals surface area contributed by atoms with Crippen molar-refractivity contribution < 1.29 is 23.7 Å². The van der Waals surface area contributed by atoms with E-state index < -0.39 is 5.82 Å². The van der Waals surface area contributed by atoms with Gasteiger partial charge in [-0.05, 0) is 30.2 Å². The smallest absolute Gasteiger partial charge is 0.188 e. The van der Waals surface area contributed by atoms with Crippen molar-refractivity contribution in [2.24, 2.45) is 0 Å². The number of hydrogen-bond acceptors (Lipinski definition) is 8. The maximum atomic E-state index is 15.4. The molecular weight excluding hydrogens is 463 g/mol. The number of pyridine rings is 1. The molecule has 4 rings (SSSR count). The van der Waals surface area contributed by atoms with Gasteiger partial charge in [0.15, 0.2) is 11.6 Å². The van der Waals surface area contributed by atoms with E-state index in [2.05, 4.69) is 15.6 Å². The number of halogens is 1. The van der Waals surface area contributed by atoms with Gasteiger partial charge in [-0.25, -0.2) is 19.1 Å². The molecular formula is C27H29FN4O4. The van der Waals surface area contributed by atoms with Crippen LogP contribution in [0.4, 0.5) is 21.6 Å². The minimum Gasteiger partial charge on any atom is -0.494 e. The van der Waals surface area contributed by atoms with Crippen LogP contribution in [0.3, 0.4) is 0 Å². The summed E-state index contributed by atoms with van der Waals surface area (Å²) in [5, 5.41) is 6.26. The average Bonchev–Trinajstić information content (AvgIpc) is 2.90. The molecule has 188 valence electrons. The molecule has 1 aromatic heterocycles. The lowest BCUT2D eigenvalue weighted by Crippen LogP contribution is -2.21. The van der Waals surface area contributed by atoms with Crippen LogP contribution in [0.25, 0.3) is 0 Å². The van der Waals surface area contributed by atoms with Crippen molar-refractivity contribution >= 4 is 23.0 Å². The summed E-state index contributed by atoms with van der Waals surface area (Å²) in [6.45, 7) is 3.42. The van der Waals surface area contributed by atoms with Gasteiger partial charge < -0.3 is 21.1 Å². The van der Waals surface area contributed by atoms with Gasteiger partial charge in [0.05, 0.1) is 25.0 Å². The van der Waals surface area contributed by atoms with Crippen molar-refractivity contribution in [3.63, 3.8) is 0 Å². The Bertz CT molecular complexity index is 1230. The Balaban J connectivity index is 1.51. The van der Waals surface area contributed by atoms with Crippen LogP contribution in [-0.4, -0.2) is 37.6 Å². The summed E-state index contributed by atoms with van der Waals surface area (Å²) in [6.07, 6.45) is 4.92. The lowest BCUT2D eigenvalue weighted by atomic mass is 9.81. The number of nitrogens with one attached hydrogen (secondary N) is 2. The number of carbonyl (C=O) groups excluding carboxylic acids is 1. The molecule has 0 bridgehead atoms. The minimum atomic E-state index is -0.710. The van der Waals surface area contributed by atoms with Crippen molar-refractivity contribution in [3.8, 4) is 5.75 Å². The fraction of sp³-hybridized carbons (Fsp3) is 0.259. The van der Waals surface area contributed by atoms with Crippen molar-refractivity contribution in [2.45, 2.75) is 19.4 Å². The lowest BCUT2D eigenvalue weighted by molar-refractivity contribution is -0.300. The van der Waals surface area contributed by atoms with E-state index in [9.17, 15) is 4.79 Å². The Morgan fingerprint density at radius 1 is 1.08 bits per heavy atom. The number of anilines is 3. The Labute approximate surface area is 209 Å². The van der Waals surface area contributed by atoms with Crippen molar-refractivity contribution in [1.82, 2.24) is 4.98 Å². The quantitative estimate of drug-likeness (QED) is 0.153. The topological polar surface area (TPSA) is 108 Å². The summed E-state index contributed by atoms with van der Waals surface area (Å²) in [4.78, 5) is 26.9. The van der Waals surface area contributed by atoms with Gasteiger partial charge in [-0.2, -0.15) is 0 Å². The highest BCUT2D eigenvalue weighted by Crippen LogP contribution is 2.47. The van der Waals surface area contributed by atoms with Gasteiger partial charge in [-0.15, -0.1) is 0 Å². The van der Waals surface area contributed by atoms with Crippen LogP contribution in [-0.2, 0) is 16.4 Å². The molecule has 3 aromatic rings. The first-order valence-corrected chi connectivity index (χ1v) is 11.7. The number of ketones is 1. The molecule has 0 spiro atoms. The number of nitrogens with zero attached hydrogens (tertiary/aromatic N) is 1. The van der Waals surface area contributed by atoms with E-state index in [-0.39, 0.29) is 34.4 Å². The first-order chi connectivity index (χ1) is 17.5. The molecule has 0 aliphatic heterocycles. The second-order valence-electron chi connectivity index (χ2n) is 8.11. The number of rotatable bonds is 11. The van der Waals surface area contributed by atoms with Crippen LogP contribution >= 0.6 is 0 Å². The highest BCUT2D eigenvalue weighted by atomic mass is 19.1. The molecule has 0 radical (unpaired) electrons. The third-order valence-electron chi connectivity index (χ3n) is 5.81. The molecule has 0 fully saturated rings. The van der Waals surface area contributed by atoms with Gasteiger partial charge in [0.25, 0.3) is 0 Å². The third-order valence-corrected chi connectivity index (χ3v) is 5.81. The normalized spacial score (nSPS) is 14.4. The average molecular weight is 493 g/mol. The van der Waals surface area contributed by atoms with Crippen LogP contribution < -0.4 is 21.1 Å². The van der Waals surface area contributed by atoms with E-state index in [1.54, 1.807) is 12.3 Å². The molecule has 2 aromatic carbocycles. The zero-order chi connectivity index (χ0) is 25.5. The number of ether oxygens (including phenoxy) is 1. The molecule has 8 nitrogen and oxygen atoms in total. The fourth-order valence-corrected chi connectivity index (χ4v) is 4.16. The Hall–Kier alpha value is -3.95. The van der Waals surface area contributed by atoms with Crippen molar-refractivity contribution in [3.05, 3.63) is 88.9 Å². The van der Waals surface area contributed by atoms with Gasteiger partial charge in [0.2, 0.25) is 0 Å². The molecule has 0 saturated carbocycles. The monoisotopic (exact) mass is 492 g/mol. The lowest BCUT2D eigenvalue weighted by Gasteiger charge is -2.27. The van der Waals surface area contributed by atoms with Crippen LogP contribution in [0.1, 0.15) is 39.9 Å². The van der Waals surface area contributed by atoms with E-state index in [1.807, 2.05) is 49.4 Å². The summed E-state index contributed by atoms with van der Waals surface area (Å²) >= 11 is 0. The number of benzene rings is 2. The van der Waals surface area contributed by atoms with Gasteiger partial charge in [-0.3, -0.25) is 4.79 Å². The number of fused-ring (bicyclic) bond motifs is 1. The summed E-state index contributed by atoms with van der Waals surface area (Å²) < 4.78 is 21.0. The highest BCUT2D eigenvalue weighted by Gasteiger charge is 2.33. The van der Waals surface area contributed by atoms with Crippen LogP contribution in [0, 0.1) is 5.82 Å². The SMILES string of the molecule is CCOOCc1ccc(NCCNc2c(F)c(N)c3c(c2OC)C(c2ccccc2)C=CC3=O)nc1. The molecule has 1 unspecified atom stereocenters. The summed E-state index contributed by atoms with van der Waals surface area (Å²) in [5.74, 6) is -0.432. The van der Waals surface area contributed by atoms with Gasteiger partial charge >= 0.3 is 0 Å². The van der Waals surface area contributed by atoms with Gasteiger partial charge in [0, 0.05) is 30.8 Å². The third kappa shape index (κ3) is 5.32. The first-order valence-electron chi connectivity index (χ1n) is 11.7. The standard InChI is InChI=1S/C27H29FN4O4/c1-3-35-36-16-17-9-12-21(32-15-17)30-13-14-31-26-24(28)25(29)23-20(33)11-10-19(22(23)27(26)34-2)18-7-5-4-6-8-18/h4-12,15,19,31H,3,13-14,16,29H2,1-2H3,(H,30,32). The minimum absolute atomic E-state index is 0.121. The van der Waals surface area contributed by atoms with Gasteiger partial charge in [-0.1, -0.05) is 42.5 Å². The largest absolute Gasteiger partial charge is 0.494 e. The molecule has 1 aliphatic carbocycles. The summed E-state index contributed by atoms with van der Waals surface area (Å²) in [7, 11) is 1.46. The molecule has 9 heteroatoms. The zero-order valence-electron chi connectivity index (χ0n) is 20.2. The predicted molar refractivity (Wildman–Crippen MR) is 137 cm³/mol. The number of nitrogens with two attached hydrogens (primary N) is 1. The number of aromatic nitrogens is 1. The number of hydrogen-bond donors (Lipinski definition) is 3.